The molecule has 2 heteroatoms. The number of esters is 1. The van der Waals surface area contributed by atoms with E-state index in [0.717, 1.165) is 19.3 Å². The Labute approximate surface area is 68.2 Å². The number of rotatable bonds is 5. The molecular weight excluding hydrogens is 140 g/mol. The van der Waals surface area contributed by atoms with E-state index < -0.39 is 0 Å². The maximum absolute atomic E-state index is 10.3. The zero-order valence-electron chi connectivity index (χ0n) is 7.30. The molecule has 0 spiro atoms. The van der Waals surface area contributed by atoms with Crippen LogP contribution in [0, 0.1) is 0 Å². The van der Waals surface area contributed by atoms with Crippen molar-refractivity contribution in [3.8, 4) is 0 Å². The van der Waals surface area contributed by atoms with Gasteiger partial charge in [-0.15, -0.1) is 0 Å². The van der Waals surface area contributed by atoms with Crippen LogP contribution in [0.2, 0.25) is 0 Å². The Bertz CT molecular complexity index is 128. The summed E-state index contributed by atoms with van der Waals surface area (Å²) in [5.74, 6) is -0.184. The highest BCUT2D eigenvalue weighted by molar-refractivity contribution is 5.65. The maximum Gasteiger partial charge on any atom is 0.302 e. The highest BCUT2D eigenvalue weighted by Gasteiger charge is 1.90. The van der Waals surface area contributed by atoms with Gasteiger partial charge in [-0.2, -0.15) is 0 Å². The molecule has 11 heavy (non-hydrogen) atoms. The zero-order chi connectivity index (χ0) is 8.53. The van der Waals surface area contributed by atoms with Crippen molar-refractivity contribution in [2.24, 2.45) is 0 Å². The number of carbonyl (C=O) groups excluding carboxylic acids is 1. The Balaban J connectivity index is 2.96. The average molecular weight is 156 g/mol. The molecule has 0 amide bonds. The van der Waals surface area contributed by atoms with Gasteiger partial charge in [0.2, 0.25) is 0 Å². The second-order valence-electron chi connectivity index (χ2n) is 2.40. The van der Waals surface area contributed by atoms with Crippen molar-refractivity contribution in [3.05, 3.63) is 12.2 Å². The van der Waals surface area contributed by atoms with Crippen molar-refractivity contribution in [1.29, 1.82) is 0 Å². The van der Waals surface area contributed by atoms with Crippen LogP contribution in [-0.2, 0) is 9.53 Å². The smallest absolute Gasteiger partial charge is 0.302 e. The van der Waals surface area contributed by atoms with E-state index >= 15 is 0 Å². The summed E-state index contributed by atoms with van der Waals surface area (Å²) in [6.07, 6.45) is 7.29. The van der Waals surface area contributed by atoms with Gasteiger partial charge in [0.1, 0.15) is 0 Å². The second kappa shape index (κ2) is 7.32. The minimum absolute atomic E-state index is 0.184. The van der Waals surface area contributed by atoms with Crippen molar-refractivity contribution in [3.63, 3.8) is 0 Å². The van der Waals surface area contributed by atoms with Gasteiger partial charge >= 0.3 is 5.97 Å². The average Bonchev–Trinajstić information content (AvgIpc) is 1.96. The van der Waals surface area contributed by atoms with Crippen LogP contribution in [0.5, 0.6) is 0 Å². The number of ether oxygens (including phenoxy) is 1. The predicted octanol–water partition coefficient (Wildman–Crippen LogP) is 2.30. The molecule has 0 aliphatic heterocycles. The summed E-state index contributed by atoms with van der Waals surface area (Å²) in [7, 11) is 0. The fraction of sp³-hybridized carbons (Fsp3) is 0.667. The summed E-state index contributed by atoms with van der Waals surface area (Å²) in [5, 5.41) is 0. The minimum Gasteiger partial charge on any atom is -0.466 e. The fourth-order valence-corrected chi connectivity index (χ4v) is 0.747. The van der Waals surface area contributed by atoms with E-state index in [1.807, 2.05) is 13.0 Å². The van der Waals surface area contributed by atoms with E-state index in [0.29, 0.717) is 6.61 Å². The third-order valence-electron chi connectivity index (χ3n) is 1.31. The van der Waals surface area contributed by atoms with Gasteiger partial charge in [-0.3, -0.25) is 4.79 Å². The Kier molecular flexibility index (Phi) is 6.79. The normalized spacial score (nSPS) is 10.4. The topological polar surface area (TPSA) is 26.3 Å². The molecule has 0 aromatic carbocycles. The number of hydrogen-bond donors (Lipinski definition) is 0. The third kappa shape index (κ3) is 9.21. The second-order valence-corrected chi connectivity index (χ2v) is 2.40. The van der Waals surface area contributed by atoms with Crippen LogP contribution in [0.25, 0.3) is 0 Å². The van der Waals surface area contributed by atoms with Gasteiger partial charge in [-0.05, 0) is 26.2 Å². The van der Waals surface area contributed by atoms with Crippen LogP contribution in [0.4, 0.5) is 0 Å². The molecule has 0 bridgehead atoms. The first-order chi connectivity index (χ1) is 5.27. The van der Waals surface area contributed by atoms with Gasteiger partial charge in [0.25, 0.3) is 0 Å². The fourth-order valence-electron chi connectivity index (χ4n) is 0.747. The van der Waals surface area contributed by atoms with Crippen molar-refractivity contribution in [2.45, 2.75) is 33.1 Å². The van der Waals surface area contributed by atoms with Gasteiger partial charge in [0, 0.05) is 6.92 Å². The van der Waals surface area contributed by atoms with Crippen molar-refractivity contribution in [2.75, 3.05) is 6.61 Å². The van der Waals surface area contributed by atoms with Crippen molar-refractivity contribution < 1.29 is 9.53 Å². The molecule has 0 aromatic rings. The summed E-state index contributed by atoms with van der Waals surface area (Å²) in [5.41, 5.74) is 0. The lowest BCUT2D eigenvalue weighted by molar-refractivity contribution is -0.141. The van der Waals surface area contributed by atoms with Crippen LogP contribution in [-0.4, -0.2) is 12.6 Å². The van der Waals surface area contributed by atoms with Gasteiger partial charge in [-0.1, -0.05) is 12.2 Å². The van der Waals surface area contributed by atoms with Crippen molar-refractivity contribution >= 4 is 5.97 Å². The van der Waals surface area contributed by atoms with E-state index in [1.54, 1.807) is 0 Å². The molecule has 0 saturated carbocycles. The number of hydrogen-bond acceptors (Lipinski definition) is 2. The Morgan fingerprint density at radius 3 is 2.73 bits per heavy atom. The summed E-state index contributed by atoms with van der Waals surface area (Å²) >= 11 is 0. The molecule has 0 radical (unpaired) electrons. The lowest BCUT2D eigenvalue weighted by atomic mass is 10.2. The van der Waals surface area contributed by atoms with E-state index in [-0.39, 0.29) is 5.97 Å². The Morgan fingerprint density at radius 1 is 1.45 bits per heavy atom. The summed E-state index contributed by atoms with van der Waals surface area (Å²) in [6, 6.07) is 0. The molecule has 0 atom stereocenters. The first kappa shape index (κ1) is 10.2. The van der Waals surface area contributed by atoms with E-state index in [1.165, 1.54) is 6.92 Å². The molecule has 0 aliphatic rings. The summed E-state index contributed by atoms with van der Waals surface area (Å²) in [4.78, 5) is 10.3. The molecule has 0 aromatic heterocycles. The lowest BCUT2D eigenvalue weighted by Crippen LogP contribution is -1.99. The van der Waals surface area contributed by atoms with Gasteiger partial charge in [0.05, 0.1) is 6.61 Å². The van der Waals surface area contributed by atoms with Gasteiger partial charge in [-0.25, -0.2) is 0 Å². The molecule has 0 heterocycles. The third-order valence-corrected chi connectivity index (χ3v) is 1.31. The monoisotopic (exact) mass is 156 g/mol. The molecule has 0 rings (SSSR count). The molecular formula is C9H16O2. The van der Waals surface area contributed by atoms with Crippen LogP contribution < -0.4 is 0 Å². The zero-order valence-corrected chi connectivity index (χ0v) is 7.30. The largest absolute Gasteiger partial charge is 0.466 e. The molecule has 0 aliphatic carbocycles. The van der Waals surface area contributed by atoms with Crippen LogP contribution >= 0.6 is 0 Å². The standard InChI is InChI=1S/C9H16O2/c1-3-4-5-6-7-8-11-9(2)10/h3-4H,5-8H2,1-2H3/b4-3-. The first-order valence-corrected chi connectivity index (χ1v) is 4.02. The van der Waals surface area contributed by atoms with Crippen LogP contribution in [0.15, 0.2) is 12.2 Å². The number of allylic oxidation sites excluding steroid dienone is 2. The van der Waals surface area contributed by atoms with E-state index in [9.17, 15) is 4.79 Å². The minimum atomic E-state index is -0.184. The molecule has 0 saturated heterocycles. The molecule has 2 nitrogen and oxygen atoms in total. The number of carbonyl (C=O) groups is 1. The molecule has 0 unspecified atom stereocenters. The van der Waals surface area contributed by atoms with Gasteiger partial charge in [0.15, 0.2) is 0 Å². The Morgan fingerprint density at radius 2 is 2.18 bits per heavy atom. The van der Waals surface area contributed by atoms with E-state index in [2.05, 4.69) is 6.08 Å². The van der Waals surface area contributed by atoms with Crippen molar-refractivity contribution in [1.82, 2.24) is 0 Å². The highest BCUT2D eigenvalue weighted by atomic mass is 16.5. The Hall–Kier alpha value is -0.790. The first-order valence-electron chi connectivity index (χ1n) is 4.02. The lowest BCUT2D eigenvalue weighted by Gasteiger charge is -1.98. The highest BCUT2D eigenvalue weighted by Crippen LogP contribution is 1.96. The van der Waals surface area contributed by atoms with Crippen LogP contribution in [0.1, 0.15) is 33.1 Å². The molecule has 0 fully saturated rings. The molecule has 64 valence electrons. The molecule has 0 N–H and O–H groups in total. The SMILES string of the molecule is C/C=C\CCCCOC(C)=O. The maximum atomic E-state index is 10.3. The summed E-state index contributed by atoms with van der Waals surface area (Å²) < 4.78 is 4.76. The summed E-state index contributed by atoms with van der Waals surface area (Å²) in [6.45, 7) is 4.00. The number of unbranched alkanes of at least 4 members (excludes halogenated alkanes) is 2. The quantitative estimate of drug-likeness (QED) is 0.347. The predicted molar refractivity (Wildman–Crippen MR) is 45.3 cm³/mol. The van der Waals surface area contributed by atoms with Gasteiger partial charge < -0.3 is 4.74 Å². The van der Waals surface area contributed by atoms with Crippen LogP contribution in [0.3, 0.4) is 0 Å². The van der Waals surface area contributed by atoms with E-state index in [4.69, 9.17) is 4.74 Å².